The van der Waals surface area contributed by atoms with E-state index < -0.39 is 18.6 Å². The zero-order valence-electron chi connectivity index (χ0n) is 28.3. The molecule has 1 aliphatic heterocycles. The second-order valence-electron chi connectivity index (χ2n) is 15.0. The highest BCUT2D eigenvalue weighted by Crippen LogP contribution is 2.72. The Balaban J connectivity index is 0.987. The summed E-state index contributed by atoms with van der Waals surface area (Å²) in [6.07, 6.45) is -0.247. The monoisotopic (exact) mass is 692 g/mol. The molecule has 8 rings (SSSR count). The number of nitriles is 1. The number of halogens is 3. The van der Waals surface area contributed by atoms with E-state index >= 15 is 0 Å². The first-order chi connectivity index (χ1) is 23.2. The van der Waals surface area contributed by atoms with E-state index in [-0.39, 0.29) is 33.7 Å². The lowest BCUT2D eigenvalue weighted by atomic mass is 9.33. The maximum atomic E-state index is 13.0. The lowest BCUT2D eigenvalue weighted by Crippen LogP contribution is -2.82. The fourth-order valence-corrected chi connectivity index (χ4v) is 9.49. The Morgan fingerprint density at radius 1 is 1.18 bits per heavy atom. The number of hydrogen-bond donors (Lipinski definition) is 3. The predicted octanol–water partition coefficient (Wildman–Crippen LogP) is 6.28. The zero-order chi connectivity index (χ0) is 34.9. The Morgan fingerprint density at radius 3 is 2.57 bits per heavy atom. The summed E-state index contributed by atoms with van der Waals surface area (Å²) in [7, 11) is 0. The van der Waals surface area contributed by atoms with Gasteiger partial charge in [-0.25, -0.2) is 9.97 Å². The van der Waals surface area contributed by atoms with Crippen molar-refractivity contribution >= 4 is 44.2 Å². The molecule has 2 bridgehead atoms. The van der Waals surface area contributed by atoms with E-state index in [1.807, 2.05) is 19.9 Å². The number of nitrogens with two attached hydrogens (primary N) is 1. The van der Waals surface area contributed by atoms with Crippen LogP contribution in [0.15, 0.2) is 30.6 Å². The summed E-state index contributed by atoms with van der Waals surface area (Å²) in [6, 6.07) is 10.0. The van der Waals surface area contributed by atoms with Crippen molar-refractivity contribution in [1.82, 2.24) is 24.8 Å². The number of carbonyl (C=O) groups excluding carboxylic acids is 1. The predicted molar refractivity (Wildman–Crippen MR) is 185 cm³/mol. The van der Waals surface area contributed by atoms with Gasteiger partial charge in [-0.05, 0) is 79.2 Å². The summed E-state index contributed by atoms with van der Waals surface area (Å²) < 4.78 is 41.1. The van der Waals surface area contributed by atoms with Gasteiger partial charge in [0.15, 0.2) is 0 Å². The molecular formula is C36H43F3N8OS. The number of rotatable bonds is 10. The van der Waals surface area contributed by atoms with Gasteiger partial charge in [-0.1, -0.05) is 26.8 Å². The van der Waals surface area contributed by atoms with Crippen molar-refractivity contribution in [2.75, 3.05) is 18.4 Å². The first kappa shape index (κ1) is 33.8. The minimum absolute atomic E-state index is 0.0596. The van der Waals surface area contributed by atoms with Crippen LogP contribution in [0, 0.1) is 35.5 Å². The number of likely N-dealkylation sites (tertiary alicyclic amines) is 1. The molecule has 1 aromatic carbocycles. The van der Waals surface area contributed by atoms with Gasteiger partial charge in [0.2, 0.25) is 5.91 Å². The summed E-state index contributed by atoms with van der Waals surface area (Å²) >= 11 is 1.06. The molecule has 3 aromatic heterocycles. The normalized spacial score (nSPS) is 24.9. The number of hydrogen-bond acceptors (Lipinski definition) is 8. The fraction of sp³-hybridized carbons (Fsp3) is 0.556. The number of fused-ring (bicyclic) bond motifs is 2. The van der Waals surface area contributed by atoms with Gasteiger partial charge < -0.3 is 20.9 Å². The van der Waals surface area contributed by atoms with Crippen molar-refractivity contribution in [3.05, 3.63) is 52.3 Å². The van der Waals surface area contributed by atoms with E-state index in [1.165, 1.54) is 17.5 Å². The van der Waals surface area contributed by atoms with Crippen molar-refractivity contribution < 1.29 is 18.0 Å². The van der Waals surface area contributed by atoms with Crippen LogP contribution >= 0.6 is 11.3 Å². The molecule has 4 aliphatic rings. The van der Waals surface area contributed by atoms with E-state index in [0.717, 1.165) is 74.1 Å². The second kappa shape index (κ2) is 12.2. The van der Waals surface area contributed by atoms with E-state index in [1.54, 1.807) is 6.07 Å². The van der Waals surface area contributed by atoms with Crippen LogP contribution < -0.4 is 16.4 Å². The molecule has 4 aromatic rings. The average Bonchev–Trinajstić information content (AvgIpc) is 3.62. The number of piperidine rings is 1. The molecule has 3 aliphatic carbocycles. The van der Waals surface area contributed by atoms with Gasteiger partial charge in [0.1, 0.15) is 28.7 Å². The number of nitrogens with one attached hydrogen (secondary N) is 2. The van der Waals surface area contributed by atoms with Gasteiger partial charge in [0.05, 0.1) is 17.8 Å². The Morgan fingerprint density at radius 2 is 1.92 bits per heavy atom. The molecule has 2 atom stereocenters. The smallest absolute Gasteiger partial charge is 0.367 e. The highest BCUT2D eigenvalue weighted by atomic mass is 32.1. The molecule has 1 unspecified atom stereocenters. The lowest BCUT2D eigenvalue weighted by Gasteiger charge is -2.76. The maximum Gasteiger partial charge on any atom is 0.393 e. The zero-order valence-corrected chi connectivity index (χ0v) is 29.1. The Labute approximate surface area is 288 Å². The molecule has 1 amide bonds. The van der Waals surface area contributed by atoms with Crippen molar-refractivity contribution in [2.24, 2.45) is 23.0 Å². The van der Waals surface area contributed by atoms with Gasteiger partial charge >= 0.3 is 6.18 Å². The Hall–Kier alpha value is -3.73. The van der Waals surface area contributed by atoms with Gasteiger partial charge in [0.25, 0.3) is 0 Å². The number of aryl methyl sites for hydroxylation is 1. The number of nitrogens with zero attached hydrogens (tertiary/aromatic N) is 5. The lowest BCUT2D eigenvalue weighted by molar-refractivity contribution is -0.228. The molecule has 4 fully saturated rings. The second-order valence-corrected chi connectivity index (χ2v) is 16.1. The van der Waals surface area contributed by atoms with Crippen molar-refractivity contribution in [1.29, 1.82) is 5.26 Å². The SMILES string of the molecule is Cc1c(CN2CCC(Nc3ncnc4sc(CC(F)(F)F)cc34)CC2)ccc2c1cc(C#N)n2CC12CC(NC(=O)C(N)C(C)C)(C1)[C@H]2C. The first-order valence-corrected chi connectivity index (χ1v) is 17.9. The maximum absolute atomic E-state index is 13.0. The fourth-order valence-electron chi connectivity index (χ4n) is 8.46. The number of aromatic nitrogens is 3. The molecule has 0 spiro atoms. The first-order valence-electron chi connectivity index (χ1n) is 17.1. The third-order valence-electron chi connectivity index (χ3n) is 11.6. The molecule has 4 N–H and O–H groups in total. The number of carbonyl (C=O) groups is 1. The van der Waals surface area contributed by atoms with Crippen LogP contribution in [0.25, 0.3) is 21.1 Å². The molecular weight excluding hydrogens is 650 g/mol. The molecule has 260 valence electrons. The van der Waals surface area contributed by atoms with E-state index in [0.29, 0.717) is 27.6 Å². The Bertz CT molecular complexity index is 1950. The molecule has 1 saturated heterocycles. The largest absolute Gasteiger partial charge is 0.393 e. The third kappa shape index (κ3) is 6.06. The minimum Gasteiger partial charge on any atom is -0.367 e. The van der Waals surface area contributed by atoms with Crippen LogP contribution in [-0.2, 0) is 24.3 Å². The molecule has 3 saturated carbocycles. The molecule has 13 heteroatoms. The third-order valence-corrected chi connectivity index (χ3v) is 12.7. The van der Waals surface area contributed by atoms with E-state index in [4.69, 9.17) is 5.73 Å². The van der Waals surface area contributed by atoms with Gasteiger partial charge in [-0.15, -0.1) is 11.3 Å². The molecule has 0 radical (unpaired) electrons. The standard InChI is InChI=1S/C36H43F3N8OS/c1-20(2)30(41)32(48)45-35-16-34(17-35,22(35)4)18-47-25(14-40)11-27-21(3)23(5-6-29(27)47)15-46-9-7-24(8-10-46)44-31-28-12-26(13-36(37,38)39)49-33(28)43-19-42-31/h5-6,11-12,19-20,22,24,30H,7-10,13,15-18,41H2,1-4H3,(H,45,48)(H,42,43,44)/t22-,30?,34?,35?/m0/s1. The van der Waals surface area contributed by atoms with Crippen molar-refractivity contribution in [2.45, 2.75) is 96.7 Å². The summed E-state index contributed by atoms with van der Waals surface area (Å²) in [6.45, 7) is 11.6. The number of anilines is 1. The van der Waals surface area contributed by atoms with Crippen LogP contribution in [0.2, 0.25) is 0 Å². The minimum atomic E-state index is -4.26. The summed E-state index contributed by atoms with van der Waals surface area (Å²) in [5.74, 6) is 0.910. The molecule has 9 nitrogen and oxygen atoms in total. The van der Waals surface area contributed by atoms with Crippen LogP contribution in [0.3, 0.4) is 0 Å². The van der Waals surface area contributed by atoms with Crippen LogP contribution in [0.4, 0.5) is 19.0 Å². The summed E-state index contributed by atoms with van der Waals surface area (Å²) in [4.78, 5) is 24.5. The van der Waals surface area contributed by atoms with Crippen molar-refractivity contribution in [3.63, 3.8) is 0 Å². The van der Waals surface area contributed by atoms with Crippen LogP contribution in [-0.4, -0.2) is 62.2 Å². The topological polar surface area (TPSA) is 125 Å². The van der Waals surface area contributed by atoms with E-state index in [2.05, 4.69) is 62.1 Å². The highest BCUT2D eigenvalue weighted by molar-refractivity contribution is 7.18. The number of benzene rings is 1. The van der Waals surface area contributed by atoms with Crippen LogP contribution in [0.1, 0.15) is 68.2 Å². The Kier molecular flexibility index (Phi) is 8.44. The average molecular weight is 693 g/mol. The molecule has 49 heavy (non-hydrogen) atoms. The molecule has 4 heterocycles. The number of thiophene rings is 1. The summed E-state index contributed by atoms with van der Waals surface area (Å²) in [5.41, 5.74) is 10.1. The quantitative estimate of drug-likeness (QED) is 0.179. The van der Waals surface area contributed by atoms with E-state index in [9.17, 15) is 23.2 Å². The number of amides is 1. The van der Waals surface area contributed by atoms with Crippen LogP contribution in [0.5, 0.6) is 0 Å². The highest BCUT2D eigenvalue weighted by Gasteiger charge is 2.74. The number of alkyl halides is 3. The van der Waals surface area contributed by atoms with Gasteiger partial charge in [-0.2, -0.15) is 18.4 Å². The van der Waals surface area contributed by atoms with Gasteiger partial charge in [0, 0.05) is 53.5 Å². The van der Waals surface area contributed by atoms with Gasteiger partial charge in [-0.3, -0.25) is 9.69 Å². The summed E-state index contributed by atoms with van der Waals surface area (Å²) in [5, 5.41) is 18.6. The van der Waals surface area contributed by atoms with Crippen molar-refractivity contribution in [3.8, 4) is 6.07 Å².